The molecule has 0 saturated carbocycles. The van der Waals surface area contributed by atoms with Crippen LogP contribution >= 0.6 is 0 Å². The van der Waals surface area contributed by atoms with Crippen LogP contribution < -0.4 is 5.32 Å². The molecule has 7 heteroatoms. The summed E-state index contributed by atoms with van der Waals surface area (Å²) >= 11 is 0. The van der Waals surface area contributed by atoms with Gasteiger partial charge in [-0.05, 0) is 27.2 Å². The van der Waals surface area contributed by atoms with Crippen molar-refractivity contribution in [2.75, 3.05) is 13.7 Å². The van der Waals surface area contributed by atoms with Gasteiger partial charge in [0.15, 0.2) is 0 Å². The fourth-order valence-electron chi connectivity index (χ4n) is 1.64. The van der Waals surface area contributed by atoms with Gasteiger partial charge in [0.05, 0.1) is 7.11 Å². The molecule has 0 radical (unpaired) electrons. The van der Waals surface area contributed by atoms with Gasteiger partial charge in [0.1, 0.15) is 6.04 Å². The number of urea groups is 1. The SMILES string of the molecule is C=CCN(C(=O)N[C@@H](CCC(=O)OC)C(=O)O)C(C)(C)C. The van der Waals surface area contributed by atoms with Crippen LogP contribution in [0.2, 0.25) is 0 Å². The lowest BCUT2D eigenvalue weighted by Gasteiger charge is -2.35. The molecule has 0 spiro atoms. The molecule has 0 saturated heterocycles. The third-order valence-corrected chi connectivity index (χ3v) is 2.83. The summed E-state index contributed by atoms with van der Waals surface area (Å²) in [5, 5.41) is 11.5. The van der Waals surface area contributed by atoms with Crippen molar-refractivity contribution in [2.45, 2.75) is 45.2 Å². The van der Waals surface area contributed by atoms with Crippen LogP contribution in [0.4, 0.5) is 4.79 Å². The smallest absolute Gasteiger partial charge is 0.326 e. The van der Waals surface area contributed by atoms with E-state index in [2.05, 4.69) is 16.6 Å². The van der Waals surface area contributed by atoms with E-state index in [1.807, 2.05) is 20.8 Å². The summed E-state index contributed by atoms with van der Waals surface area (Å²) in [6.45, 7) is 9.37. The van der Waals surface area contributed by atoms with Crippen LogP contribution in [0.5, 0.6) is 0 Å². The number of amides is 2. The third-order valence-electron chi connectivity index (χ3n) is 2.83. The molecule has 0 unspecified atom stereocenters. The predicted octanol–water partition coefficient (Wildman–Crippen LogP) is 1.39. The maximum absolute atomic E-state index is 12.2. The van der Waals surface area contributed by atoms with Crippen molar-refractivity contribution in [1.29, 1.82) is 0 Å². The van der Waals surface area contributed by atoms with E-state index in [9.17, 15) is 14.4 Å². The highest BCUT2D eigenvalue weighted by Gasteiger charge is 2.29. The van der Waals surface area contributed by atoms with Gasteiger partial charge in [0, 0.05) is 18.5 Å². The van der Waals surface area contributed by atoms with Crippen molar-refractivity contribution < 1.29 is 24.2 Å². The van der Waals surface area contributed by atoms with Gasteiger partial charge in [-0.3, -0.25) is 4.79 Å². The number of esters is 1. The quantitative estimate of drug-likeness (QED) is 0.547. The average molecular weight is 300 g/mol. The second-order valence-corrected chi connectivity index (χ2v) is 5.53. The summed E-state index contributed by atoms with van der Waals surface area (Å²) in [4.78, 5) is 35.9. The monoisotopic (exact) mass is 300 g/mol. The van der Waals surface area contributed by atoms with Crippen molar-refractivity contribution in [3.05, 3.63) is 12.7 Å². The van der Waals surface area contributed by atoms with E-state index in [0.717, 1.165) is 0 Å². The van der Waals surface area contributed by atoms with Gasteiger partial charge in [-0.15, -0.1) is 6.58 Å². The standard InChI is InChI=1S/C14H24N2O5/c1-6-9-16(14(2,3)4)13(20)15-10(12(18)19)7-8-11(17)21-5/h6,10H,1,7-9H2,2-5H3,(H,15,20)(H,18,19)/t10-/m0/s1. The Morgan fingerprint density at radius 2 is 1.95 bits per heavy atom. The Kier molecular flexibility index (Phi) is 7.48. The molecule has 21 heavy (non-hydrogen) atoms. The van der Waals surface area contributed by atoms with Gasteiger partial charge in [0.2, 0.25) is 0 Å². The summed E-state index contributed by atoms with van der Waals surface area (Å²) in [6, 6.07) is -1.66. The Bertz CT molecular complexity index is 401. The Hall–Kier alpha value is -2.05. The molecule has 0 aliphatic heterocycles. The van der Waals surface area contributed by atoms with Crippen LogP contribution in [0.15, 0.2) is 12.7 Å². The fraction of sp³-hybridized carbons (Fsp3) is 0.643. The molecular formula is C14H24N2O5. The van der Waals surface area contributed by atoms with Crippen molar-refractivity contribution in [3.8, 4) is 0 Å². The molecule has 7 nitrogen and oxygen atoms in total. The Balaban J connectivity index is 4.82. The number of hydrogen-bond donors (Lipinski definition) is 2. The van der Waals surface area contributed by atoms with Crippen molar-refractivity contribution in [1.82, 2.24) is 10.2 Å². The zero-order chi connectivity index (χ0) is 16.6. The van der Waals surface area contributed by atoms with Gasteiger partial charge in [-0.1, -0.05) is 6.08 Å². The average Bonchev–Trinajstić information content (AvgIpc) is 2.38. The zero-order valence-corrected chi connectivity index (χ0v) is 13.0. The molecule has 0 aliphatic carbocycles. The minimum absolute atomic E-state index is 0.0280. The molecule has 1 atom stereocenters. The number of carboxylic acid groups (broad SMARTS) is 1. The van der Waals surface area contributed by atoms with Gasteiger partial charge < -0.3 is 20.1 Å². The molecular weight excluding hydrogens is 276 g/mol. The minimum atomic E-state index is -1.19. The predicted molar refractivity (Wildman–Crippen MR) is 77.9 cm³/mol. The minimum Gasteiger partial charge on any atom is -0.480 e. The number of carboxylic acids is 1. The number of hydrogen-bond acceptors (Lipinski definition) is 4. The van der Waals surface area contributed by atoms with Crippen LogP contribution in [-0.2, 0) is 14.3 Å². The third kappa shape index (κ3) is 6.78. The highest BCUT2D eigenvalue weighted by Crippen LogP contribution is 2.14. The summed E-state index contributed by atoms with van der Waals surface area (Å²) < 4.78 is 4.46. The number of nitrogens with zero attached hydrogens (tertiary/aromatic N) is 1. The summed E-state index contributed by atoms with van der Waals surface area (Å²) in [7, 11) is 1.22. The van der Waals surface area contributed by atoms with Crippen molar-refractivity contribution in [3.63, 3.8) is 0 Å². The van der Waals surface area contributed by atoms with Gasteiger partial charge in [0.25, 0.3) is 0 Å². The number of rotatable bonds is 7. The van der Waals surface area contributed by atoms with E-state index in [0.29, 0.717) is 6.54 Å². The van der Waals surface area contributed by atoms with Crippen molar-refractivity contribution in [2.24, 2.45) is 0 Å². The Labute approximate surface area is 124 Å². The first-order valence-corrected chi connectivity index (χ1v) is 6.62. The van der Waals surface area contributed by atoms with Crippen LogP contribution in [-0.4, -0.2) is 53.2 Å². The first-order valence-electron chi connectivity index (χ1n) is 6.62. The number of aliphatic carboxylic acids is 1. The van der Waals surface area contributed by atoms with E-state index < -0.39 is 29.6 Å². The number of ether oxygens (including phenoxy) is 1. The summed E-state index contributed by atoms with van der Waals surface area (Å²) in [5.74, 6) is -1.71. The summed E-state index contributed by atoms with van der Waals surface area (Å²) in [6.07, 6.45) is 1.46. The highest BCUT2D eigenvalue weighted by atomic mass is 16.5. The number of carbonyl (C=O) groups is 3. The second-order valence-electron chi connectivity index (χ2n) is 5.53. The Morgan fingerprint density at radius 1 is 1.38 bits per heavy atom. The lowest BCUT2D eigenvalue weighted by molar-refractivity contribution is -0.142. The lowest BCUT2D eigenvalue weighted by atomic mass is 10.1. The van der Waals surface area contributed by atoms with Crippen LogP contribution in [0.3, 0.4) is 0 Å². The number of nitrogens with one attached hydrogen (secondary N) is 1. The Morgan fingerprint density at radius 3 is 2.33 bits per heavy atom. The summed E-state index contributed by atoms with van der Waals surface area (Å²) in [5.41, 5.74) is -0.482. The molecule has 0 aliphatic rings. The first kappa shape index (κ1) is 18.9. The largest absolute Gasteiger partial charge is 0.480 e. The maximum atomic E-state index is 12.2. The van der Waals surface area contributed by atoms with Crippen molar-refractivity contribution >= 4 is 18.0 Å². The molecule has 0 aromatic heterocycles. The second kappa shape index (κ2) is 8.28. The topological polar surface area (TPSA) is 95.9 Å². The lowest BCUT2D eigenvalue weighted by Crippen LogP contribution is -2.54. The molecule has 0 aromatic carbocycles. The number of methoxy groups -OCH3 is 1. The molecule has 0 fully saturated rings. The van der Waals surface area contributed by atoms with E-state index in [1.165, 1.54) is 12.0 Å². The maximum Gasteiger partial charge on any atom is 0.326 e. The zero-order valence-electron chi connectivity index (χ0n) is 13.0. The normalized spacial score (nSPS) is 12.2. The molecule has 0 aromatic rings. The molecule has 0 heterocycles. The highest BCUT2D eigenvalue weighted by molar-refractivity contribution is 5.83. The van der Waals surface area contributed by atoms with Gasteiger partial charge in [-0.25, -0.2) is 9.59 Å². The molecule has 0 bridgehead atoms. The van der Waals surface area contributed by atoms with Gasteiger partial charge in [-0.2, -0.15) is 0 Å². The van der Waals surface area contributed by atoms with Crippen LogP contribution in [0.1, 0.15) is 33.6 Å². The van der Waals surface area contributed by atoms with E-state index in [1.54, 1.807) is 6.08 Å². The molecule has 2 amide bonds. The van der Waals surface area contributed by atoms with E-state index in [-0.39, 0.29) is 12.8 Å². The molecule has 2 N–H and O–H groups in total. The van der Waals surface area contributed by atoms with Crippen LogP contribution in [0.25, 0.3) is 0 Å². The molecule has 120 valence electrons. The molecule has 0 rings (SSSR count). The van der Waals surface area contributed by atoms with E-state index >= 15 is 0 Å². The van der Waals surface area contributed by atoms with Crippen LogP contribution in [0, 0.1) is 0 Å². The first-order chi connectivity index (χ1) is 9.63. The van der Waals surface area contributed by atoms with E-state index in [4.69, 9.17) is 5.11 Å². The number of carbonyl (C=O) groups excluding carboxylic acids is 2. The van der Waals surface area contributed by atoms with Gasteiger partial charge >= 0.3 is 18.0 Å². The fourth-order valence-corrected chi connectivity index (χ4v) is 1.64.